The van der Waals surface area contributed by atoms with E-state index in [4.69, 9.17) is 10.5 Å². The number of benzene rings is 1. The summed E-state index contributed by atoms with van der Waals surface area (Å²) in [7, 11) is 1.72. The number of ether oxygens (including phenoxy) is 1. The van der Waals surface area contributed by atoms with Crippen LogP contribution in [-0.4, -0.2) is 18.2 Å². The number of hydrogen-bond acceptors (Lipinski definition) is 2. The summed E-state index contributed by atoms with van der Waals surface area (Å²) >= 11 is 0. The summed E-state index contributed by atoms with van der Waals surface area (Å²) in [4.78, 5) is 0. The van der Waals surface area contributed by atoms with E-state index in [9.17, 15) is 0 Å². The number of aromatic nitrogens is 1. The number of methoxy groups -OCH3 is 1. The predicted molar refractivity (Wildman–Crippen MR) is 66.4 cm³/mol. The highest BCUT2D eigenvalue weighted by Gasteiger charge is 2.10. The van der Waals surface area contributed by atoms with Gasteiger partial charge in [0.15, 0.2) is 0 Å². The van der Waals surface area contributed by atoms with Gasteiger partial charge in [-0.05, 0) is 31.5 Å². The van der Waals surface area contributed by atoms with Crippen molar-refractivity contribution >= 4 is 10.9 Å². The van der Waals surface area contributed by atoms with Crippen molar-refractivity contribution in [2.75, 3.05) is 13.7 Å². The van der Waals surface area contributed by atoms with Crippen molar-refractivity contribution in [1.82, 2.24) is 4.57 Å². The van der Waals surface area contributed by atoms with Gasteiger partial charge in [-0.15, -0.1) is 0 Å². The molecule has 1 aromatic heterocycles. The van der Waals surface area contributed by atoms with Gasteiger partial charge >= 0.3 is 0 Å². The maximum atomic E-state index is 5.63. The van der Waals surface area contributed by atoms with Crippen LogP contribution >= 0.6 is 0 Å². The van der Waals surface area contributed by atoms with E-state index >= 15 is 0 Å². The largest absolute Gasteiger partial charge is 0.362 e. The summed E-state index contributed by atoms with van der Waals surface area (Å²) in [6.45, 7) is 2.72. The molecule has 0 aliphatic rings. The molecule has 2 N–H and O–H groups in total. The molecule has 2 aromatic rings. The molecule has 0 radical (unpaired) electrons. The average molecular weight is 218 g/mol. The molecular formula is C13H18N2O. The minimum atomic E-state index is 0.0522. The Morgan fingerprint density at radius 2 is 2.12 bits per heavy atom. The lowest BCUT2D eigenvalue weighted by Gasteiger charge is -2.12. The van der Waals surface area contributed by atoms with Crippen molar-refractivity contribution in [3.63, 3.8) is 0 Å². The standard InChI is InChI=1S/C13H18N2O/c1-10(16-2)15-9-11(7-8-14)12-5-3-4-6-13(12)15/h3-6,9-10H,7-8,14H2,1-2H3. The summed E-state index contributed by atoms with van der Waals surface area (Å²) in [5.41, 5.74) is 8.13. The number of rotatable bonds is 4. The van der Waals surface area contributed by atoms with Gasteiger partial charge in [0.05, 0.1) is 5.52 Å². The van der Waals surface area contributed by atoms with Crippen molar-refractivity contribution in [2.45, 2.75) is 19.6 Å². The van der Waals surface area contributed by atoms with Gasteiger partial charge < -0.3 is 15.0 Å². The van der Waals surface area contributed by atoms with Gasteiger partial charge in [0.2, 0.25) is 0 Å². The second-order valence-corrected chi connectivity index (χ2v) is 3.95. The van der Waals surface area contributed by atoms with Crippen LogP contribution in [0.25, 0.3) is 10.9 Å². The Balaban J connectivity index is 2.57. The Hall–Kier alpha value is -1.32. The Labute approximate surface area is 95.8 Å². The van der Waals surface area contributed by atoms with Crippen LogP contribution in [0.5, 0.6) is 0 Å². The first-order valence-electron chi connectivity index (χ1n) is 5.59. The first-order valence-corrected chi connectivity index (χ1v) is 5.59. The minimum Gasteiger partial charge on any atom is -0.362 e. The Bertz CT molecular complexity index is 476. The van der Waals surface area contributed by atoms with Crippen molar-refractivity contribution in [2.24, 2.45) is 5.73 Å². The van der Waals surface area contributed by atoms with Gasteiger partial charge in [-0.2, -0.15) is 0 Å². The molecule has 0 saturated heterocycles. The summed E-state index contributed by atoms with van der Waals surface area (Å²) < 4.78 is 7.52. The third kappa shape index (κ3) is 1.84. The molecule has 0 spiro atoms. The molecule has 3 nitrogen and oxygen atoms in total. The van der Waals surface area contributed by atoms with Gasteiger partial charge in [0.1, 0.15) is 6.23 Å². The fraction of sp³-hybridized carbons (Fsp3) is 0.385. The molecule has 2 rings (SSSR count). The molecule has 1 heterocycles. The van der Waals surface area contributed by atoms with Gasteiger partial charge in [0, 0.05) is 18.7 Å². The molecule has 16 heavy (non-hydrogen) atoms. The van der Waals surface area contributed by atoms with E-state index in [1.165, 1.54) is 16.5 Å². The quantitative estimate of drug-likeness (QED) is 0.855. The van der Waals surface area contributed by atoms with E-state index in [0.717, 1.165) is 6.42 Å². The fourth-order valence-corrected chi connectivity index (χ4v) is 2.05. The van der Waals surface area contributed by atoms with E-state index in [2.05, 4.69) is 29.0 Å². The number of fused-ring (bicyclic) bond motifs is 1. The molecule has 86 valence electrons. The van der Waals surface area contributed by atoms with E-state index in [1.807, 2.05) is 13.0 Å². The molecule has 1 atom stereocenters. The normalized spacial score (nSPS) is 13.2. The Morgan fingerprint density at radius 1 is 1.38 bits per heavy atom. The third-order valence-corrected chi connectivity index (χ3v) is 2.97. The zero-order chi connectivity index (χ0) is 11.5. The van der Waals surface area contributed by atoms with Crippen LogP contribution in [0.1, 0.15) is 18.7 Å². The van der Waals surface area contributed by atoms with E-state index in [1.54, 1.807) is 7.11 Å². The monoisotopic (exact) mass is 218 g/mol. The molecular weight excluding hydrogens is 200 g/mol. The van der Waals surface area contributed by atoms with Crippen LogP contribution < -0.4 is 5.73 Å². The van der Waals surface area contributed by atoms with Crippen molar-refractivity contribution in [3.05, 3.63) is 36.0 Å². The molecule has 3 heteroatoms. The first-order chi connectivity index (χ1) is 7.77. The molecule has 0 bridgehead atoms. The molecule has 0 fully saturated rings. The van der Waals surface area contributed by atoms with Crippen LogP contribution in [0, 0.1) is 0 Å². The second-order valence-electron chi connectivity index (χ2n) is 3.95. The average Bonchev–Trinajstić information content (AvgIpc) is 2.68. The van der Waals surface area contributed by atoms with Crippen molar-refractivity contribution < 1.29 is 4.74 Å². The zero-order valence-corrected chi connectivity index (χ0v) is 9.81. The van der Waals surface area contributed by atoms with Gasteiger partial charge in [-0.3, -0.25) is 0 Å². The van der Waals surface area contributed by atoms with Crippen molar-refractivity contribution in [1.29, 1.82) is 0 Å². The highest BCUT2D eigenvalue weighted by Crippen LogP contribution is 2.25. The number of hydrogen-bond donors (Lipinski definition) is 1. The van der Waals surface area contributed by atoms with E-state index in [-0.39, 0.29) is 6.23 Å². The Morgan fingerprint density at radius 3 is 2.81 bits per heavy atom. The van der Waals surface area contributed by atoms with Gasteiger partial charge in [0.25, 0.3) is 0 Å². The highest BCUT2D eigenvalue weighted by molar-refractivity contribution is 5.84. The topological polar surface area (TPSA) is 40.2 Å². The lowest BCUT2D eigenvalue weighted by atomic mass is 10.1. The molecule has 1 unspecified atom stereocenters. The predicted octanol–water partition coefficient (Wildman–Crippen LogP) is 2.31. The number of nitrogens with two attached hydrogens (primary N) is 1. The molecule has 0 aliphatic carbocycles. The number of nitrogens with zero attached hydrogens (tertiary/aromatic N) is 1. The summed E-state index contributed by atoms with van der Waals surface area (Å²) in [6.07, 6.45) is 3.10. The lowest BCUT2D eigenvalue weighted by Crippen LogP contribution is -2.05. The lowest BCUT2D eigenvalue weighted by molar-refractivity contribution is 0.0641. The molecule has 0 amide bonds. The summed E-state index contributed by atoms with van der Waals surface area (Å²) in [6, 6.07) is 8.36. The molecule has 1 aromatic carbocycles. The maximum Gasteiger partial charge on any atom is 0.130 e. The smallest absolute Gasteiger partial charge is 0.130 e. The minimum absolute atomic E-state index is 0.0522. The molecule has 0 aliphatic heterocycles. The van der Waals surface area contributed by atoms with Crippen LogP contribution in [-0.2, 0) is 11.2 Å². The van der Waals surface area contributed by atoms with E-state index in [0.29, 0.717) is 6.54 Å². The van der Waals surface area contributed by atoms with Gasteiger partial charge in [-0.1, -0.05) is 18.2 Å². The summed E-state index contributed by atoms with van der Waals surface area (Å²) in [5, 5.41) is 1.27. The summed E-state index contributed by atoms with van der Waals surface area (Å²) in [5.74, 6) is 0. The zero-order valence-electron chi connectivity index (χ0n) is 9.81. The highest BCUT2D eigenvalue weighted by atomic mass is 16.5. The van der Waals surface area contributed by atoms with Crippen LogP contribution in [0.4, 0.5) is 0 Å². The van der Waals surface area contributed by atoms with Crippen LogP contribution in [0.2, 0.25) is 0 Å². The van der Waals surface area contributed by atoms with Crippen LogP contribution in [0.3, 0.4) is 0 Å². The maximum absolute atomic E-state index is 5.63. The SMILES string of the molecule is COC(C)n1cc(CCN)c2ccccc21. The number of para-hydroxylation sites is 1. The molecule has 0 saturated carbocycles. The Kier molecular flexibility index (Phi) is 3.27. The fourth-order valence-electron chi connectivity index (χ4n) is 2.05. The van der Waals surface area contributed by atoms with E-state index < -0.39 is 0 Å². The van der Waals surface area contributed by atoms with Crippen molar-refractivity contribution in [3.8, 4) is 0 Å². The van der Waals surface area contributed by atoms with Gasteiger partial charge in [-0.25, -0.2) is 0 Å². The second kappa shape index (κ2) is 4.68. The van der Waals surface area contributed by atoms with Crippen LogP contribution in [0.15, 0.2) is 30.5 Å². The first kappa shape index (κ1) is 11.2. The third-order valence-electron chi connectivity index (χ3n) is 2.97.